The van der Waals surface area contributed by atoms with Crippen molar-refractivity contribution in [3.63, 3.8) is 0 Å². The van der Waals surface area contributed by atoms with Crippen LogP contribution in [0.2, 0.25) is 0 Å². The number of anilines is 1. The Labute approximate surface area is 176 Å². The van der Waals surface area contributed by atoms with Crippen LogP contribution in [0.25, 0.3) is 0 Å². The predicted molar refractivity (Wildman–Crippen MR) is 108 cm³/mol. The standard InChI is InChI=1S/C21H21F6NOS/c1-3-12-29-19(20(22,23)24,21(25,26)27)16-8-10-17(11-9-16)28-18(30)13-15-6-4-14(2)5-7-15/h4-11H,3,12-13H2,1-2H3,(H,28,30). The van der Waals surface area contributed by atoms with Gasteiger partial charge < -0.3 is 10.1 Å². The molecule has 0 bridgehead atoms. The van der Waals surface area contributed by atoms with Gasteiger partial charge >= 0.3 is 12.4 Å². The van der Waals surface area contributed by atoms with Crippen LogP contribution < -0.4 is 5.32 Å². The van der Waals surface area contributed by atoms with Gasteiger partial charge in [0.25, 0.3) is 5.60 Å². The molecule has 0 saturated heterocycles. The Kier molecular flexibility index (Phi) is 7.52. The molecule has 30 heavy (non-hydrogen) atoms. The molecule has 0 unspecified atom stereocenters. The molecule has 0 amide bonds. The van der Waals surface area contributed by atoms with Crippen molar-refractivity contribution in [1.82, 2.24) is 0 Å². The third-order valence-corrected chi connectivity index (χ3v) is 4.63. The van der Waals surface area contributed by atoms with Gasteiger partial charge in [0.15, 0.2) is 0 Å². The molecular formula is C21H21F6NOS. The lowest BCUT2D eigenvalue weighted by atomic mass is 9.91. The zero-order chi connectivity index (χ0) is 22.6. The van der Waals surface area contributed by atoms with Gasteiger partial charge in [-0.1, -0.05) is 61.1 Å². The number of hydrogen-bond donors (Lipinski definition) is 1. The van der Waals surface area contributed by atoms with Crippen molar-refractivity contribution in [3.05, 3.63) is 65.2 Å². The molecule has 2 nitrogen and oxygen atoms in total. The van der Waals surface area contributed by atoms with Gasteiger partial charge in [-0.05, 0) is 31.0 Å². The highest BCUT2D eigenvalue weighted by molar-refractivity contribution is 7.80. The maximum atomic E-state index is 13.6. The van der Waals surface area contributed by atoms with Crippen molar-refractivity contribution in [2.45, 2.75) is 44.6 Å². The molecule has 2 rings (SSSR count). The van der Waals surface area contributed by atoms with Crippen LogP contribution in [0.3, 0.4) is 0 Å². The highest BCUT2D eigenvalue weighted by Crippen LogP contribution is 2.53. The Balaban J connectivity index is 2.25. The SMILES string of the molecule is CCCOC(c1ccc(NC(=S)Cc2ccc(C)cc2)cc1)(C(F)(F)F)C(F)(F)F. The van der Waals surface area contributed by atoms with Crippen LogP contribution in [0.5, 0.6) is 0 Å². The van der Waals surface area contributed by atoms with E-state index in [1.165, 1.54) is 6.92 Å². The van der Waals surface area contributed by atoms with Crippen LogP contribution >= 0.6 is 12.2 Å². The lowest BCUT2D eigenvalue weighted by molar-refractivity contribution is -0.389. The van der Waals surface area contributed by atoms with Crippen LogP contribution in [0, 0.1) is 6.92 Å². The number of thiocarbonyl (C=S) groups is 1. The Morgan fingerprint density at radius 1 is 0.900 bits per heavy atom. The molecular weight excluding hydrogens is 428 g/mol. The number of halogens is 6. The first kappa shape index (κ1) is 24.1. The molecule has 0 fully saturated rings. The first-order valence-corrected chi connectivity index (χ1v) is 9.55. The van der Waals surface area contributed by atoms with Crippen LogP contribution in [-0.4, -0.2) is 23.9 Å². The summed E-state index contributed by atoms with van der Waals surface area (Å²) in [5.41, 5.74) is -3.14. The van der Waals surface area contributed by atoms with E-state index in [0.29, 0.717) is 11.4 Å². The molecule has 0 radical (unpaired) electrons. The van der Waals surface area contributed by atoms with E-state index < -0.39 is 30.1 Å². The molecule has 0 atom stereocenters. The van der Waals surface area contributed by atoms with Crippen LogP contribution in [0.15, 0.2) is 48.5 Å². The second-order valence-electron chi connectivity index (χ2n) is 6.81. The first-order valence-electron chi connectivity index (χ1n) is 9.14. The van der Waals surface area contributed by atoms with E-state index >= 15 is 0 Å². The molecule has 0 spiro atoms. The van der Waals surface area contributed by atoms with E-state index in [-0.39, 0.29) is 12.1 Å². The normalized spacial score (nSPS) is 12.7. The minimum absolute atomic E-state index is 0.000824. The third kappa shape index (κ3) is 5.31. The lowest BCUT2D eigenvalue weighted by Gasteiger charge is -2.37. The van der Waals surface area contributed by atoms with Crippen LogP contribution in [-0.2, 0) is 16.8 Å². The molecule has 9 heteroatoms. The molecule has 1 N–H and O–H groups in total. The molecule has 0 saturated carbocycles. The highest BCUT2D eigenvalue weighted by atomic mass is 32.1. The quantitative estimate of drug-likeness (QED) is 0.374. The Hall–Kier alpha value is -2.13. The number of alkyl halides is 6. The average Bonchev–Trinajstić information content (AvgIpc) is 2.63. The van der Waals surface area contributed by atoms with Gasteiger partial charge in [0.2, 0.25) is 0 Å². The van der Waals surface area contributed by atoms with Crippen molar-refractivity contribution in [1.29, 1.82) is 0 Å². The zero-order valence-corrected chi connectivity index (χ0v) is 17.1. The molecule has 0 heterocycles. The summed E-state index contributed by atoms with van der Waals surface area (Å²) in [5.74, 6) is 0. The first-order chi connectivity index (χ1) is 13.9. The molecule has 0 aliphatic carbocycles. The van der Waals surface area contributed by atoms with E-state index in [1.54, 1.807) is 0 Å². The van der Waals surface area contributed by atoms with E-state index in [2.05, 4.69) is 10.1 Å². The Bertz CT molecular complexity index is 830. The predicted octanol–water partition coefficient (Wildman–Crippen LogP) is 6.72. The lowest BCUT2D eigenvalue weighted by Crippen LogP contribution is -2.56. The number of hydrogen-bond acceptors (Lipinski definition) is 2. The molecule has 0 aliphatic heterocycles. The average molecular weight is 449 g/mol. The minimum Gasteiger partial charge on any atom is -0.354 e. The smallest absolute Gasteiger partial charge is 0.354 e. The van der Waals surface area contributed by atoms with Crippen molar-refractivity contribution < 1.29 is 31.1 Å². The van der Waals surface area contributed by atoms with E-state index in [0.717, 1.165) is 35.4 Å². The maximum absolute atomic E-state index is 13.6. The van der Waals surface area contributed by atoms with Gasteiger partial charge in [0, 0.05) is 24.3 Å². The highest BCUT2D eigenvalue weighted by Gasteiger charge is 2.73. The van der Waals surface area contributed by atoms with E-state index in [9.17, 15) is 26.3 Å². The number of benzene rings is 2. The fraction of sp³-hybridized carbons (Fsp3) is 0.381. The summed E-state index contributed by atoms with van der Waals surface area (Å²) in [7, 11) is 0. The summed E-state index contributed by atoms with van der Waals surface area (Å²) in [5, 5.41) is 2.83. The van der Waals surface area contributed by atoms with Gasteiger partial charge in [-0.25, -0.2) is 0 Å². The van der Waals surface area contributed by atoms with Crippen LogP contribution in [0.1, 0.15) is 30.0 Å². The summed E-state index contributed by atoms with van der Waals surface area (Å²) in [6, 6.07) is 11.4. The van der Waals surface area contributed by atoms with Gasteiger partial charge in [-0.15, -0.1) is 0 Å². The van der Waals surface area contributed by atoms with Gasteiger partial charge in [0.1, 0.15) is 0 Å². The van der Waals surface area contributed by atoms with Crippen molar-refractivity contribution in [3.8, 4) is 0 Å². The van der Waals surface area contributed by atoms with Crippen molar-refractivity contribution in [2.24, 2.45) is 0 Å². The molecule has 0 aromatic heterocycles. The summed E-state index contributed by atoms with van der Waals surface area (Å²) >= 11 is 5.24. The Morgan fingerprint density at radius 2 is 1.43 bits per heavy atom. The summed E-state index contributed by atoms with van der Waals surface area (Å²) in [4.78, 5) is 0.381. The fourth-order valence-corrected chi connectivity index (χ4v) is 3.16. The number of nitrogens with one attached hydrogen (secondary N) is 1. The maximum Gasteiger partial charge on any atom is 0.430 e. The third-order valence-electron chi connectivity index (χ3n) is 4.38. The van der Waals surface area contributed by atoms with Gasteiger partial charge in [-0.3, -0.25) is 0 Å². The topological polar surface area (TPSA) is 21.3 Å². The second-order valence-corrected chi connectivity index (χ2v) is 7.31. The molecule has 164 valence electrons. The summed E-state index contributed by atoms with van der Waals surface area (Å²) < 4.78 is 85.9. The molecule has 2 aromatic rings. The van der Waals surface area contributed by atoms with E-state index in [1.807, 2.05) is 31.2 Å². The molecule has 2 aromatic carbocycles. The summed E-state index contributed by atoms with van der Waals surface area (Å²) in [6.07, 6.45) is -11.0. The van der Waals surface area contributed by atoms with Crippen molar-refractivity contribution >= 4 is 22.9 Å². The van der Waals surface area contributed by atoms with Gasteiger partial charge in [-0.2, -0.15) is 26.3 Å². The number of rotatable bonds is 7. The minimum atomic E-state index is -5.68. The number of ether oxygens (including phenoxy) is 1. The fourth-order valence-electron chi connectivity index (χ4n) is 2.87. The largest absolute Gasteiger partial charge is 0.430 e. The second kappa shape index (κ2) is 9.34. The van der Waals surface area contributed by atoms with E-state index in [4.69, 9.17) is 12.2 Å². The zero-order valence-electron chi connectivity index (χ0n) is 16.3. The Morgan fingerprint density at radius 3 is 1.90 bits per heavy atom. The molecule has 0 aliphatic rings. The monoisotopic (exact) mass is 449 g/mol. The van der Waals surface area contributed by atoms with Crippen molar-refractivity contribution in [2.75, 3.05) is 11.9 Å². The number of aryl methyl sites for hydroxylation is 1. The summed E-state index contributed by atoms with van der Waals surface area (Å²) in [6.45, 7) is 2.67. The van der Waals surface area contributed by atoms with Gasteiger partial charge in [0.05, 0.1) is 4.99 Å². The van der Waals surface area contributed by atoms with Crippen LogP contribution in [0.4, 0.5) is 32.0 Å².